The van der Waals surface area contributed by atoms with Gasteiger partial charge in [-0.05, 0) is 41.8 Å². The molecule has 2 heterocycles. The number of ketones is 1. The first-order chi connectivity index (χ1) is 16.9. The van der Waals surface area contributed by atoms with Crippen LogP contribution >= 0.6 is 11.3 Å². The van der Waals surface area contributed by atoms with Gasteiger partial charge < -0.3 is 5.11 Å². The third-order valence-corrected chi connectivity index (χ3v) is 6.98. The molecule has 1 atom stereocenters. The van der Waals surface area contributed by atoms with Crippen molar-refractivity contribution in [2.24, 2.45) is 0 Å². The number of carbonyl (C=O) groups is 2. The standard InChI is InChI=1S/C26H19N3O5S/c1-2-15-8-13-19-20(14-15)35-26(27-19)28-22(16-9-11-18(12-10-16)29(33)34)21(24(31)25(28)32)23(30)17-6-4-3-5-7-17/h3-14,22,30H,2H2,1H3. The Kier molecular flexibility index (Phi) is 5.62. The van der Waals surface area contributed by atoms with E-state index in [9.17, 15) is 24.8 Å². The summed E-state index contributed by atoms with van der Waals surface area (Å²) in [4.78, 5) is 43.0. The van der Waals surface area contributed by atoms with Crippen LogP contribution in [0.4, 0.5) is 10.8 Å². The minimum atomic E-state index is -0.998. The quantitative estimate of drug-likeness (QED) is 0.133. The molecule has 1 aliphatic rings. The van der Waals surface area contributed by atoms with E-state index in [4.69, 9.17) is 0 Å². The summed E-state index contributed by atoms with van der Waals surface area (Å²) in [5.41, 5.74) is 2.42. The number of amides is 1. The molecule has 35 heavy (non-hydrogen) atoms. The Bertz CT molecular complexity index is 1510. The molecule has 1 aromatic heterocycles. The zero-order valence-electron chi connectivity index (χ0n) is 18.5. The SMILES string of the molecule is CCc1ccc2nc(N3C(=O)C(=O)C(=C(O)c4ccccc4)C3c3ccc([N+](=O)[O-])cc3)sc2c1. The Hall–Kier alpha value is -4.37. The van der Waals surface area contributed by atoms with Crippen molar-refractivity contribution in [3.05, 3.63) is 105 Å². The van der Waals surface area contributed by atoms with Gasteiger partial charge in [-0.1, -0.05) is 54.7 Å². The van der Waals surface area contributed by atoms with Crippen LogP contribution in [0.5, 0.6) is 0 Å². The number of nitro groups is 1. The van der Waals surface area contributed by atoms with Crippen LogP contribution in [0.1, 0.15) is 29.7 Å². The molecule has 0 aliphatic carbocycles. The second-order valence-electron chi connectivity index (χ2n) is 8.04. The van der Waals surface area contributed by atoms with E-state index < -0.39 is 22.7 Å². The van der Waals surface area contributed by atoms with Crippen molar-refractivity contribution < 1.29 is 19.6 Å². The zero-order valence-corrected chi connectivity index (χ0v) is 19.4. The number of aliphatic hydroxyl groups is 1. The molecule has 1 fully saturated rings. The van der Waals surface area contributed by atoms with Gasteiger partial charge in [-0.2, -0.15) is 0 Å². The Morgan fingerprint density at radius 2 is 1.80 bits per heavy atom. The zero-order chi connectivity index (χ0) is 24.7. The number of nitro benzene ring substituents is 1. The molecule has 174 valence electrons. The highest BCUT2D eigenvalue weighted by Gasteiger charge is 2.48. The van der Waals surface area contributed by atoms with Gasteiger partial charge in [-0.25, -0.2) is 4.98 Å². The lowest BCUT2D eigenvalue weighted by molar-refractivity contribution is -0.384. The third-order valence-electron chi connectivity index (χ3n) is 5.97. The van der Waals surface area contributed by atoms with E-state index in [2.05, 4.69) is 4.98 Å². The molecule has 0 saturated carbocycles. The first-order valence-corrected chi connectivity index (χ1v) is 11.7. The number of non-ortho nitro benzene ring substituents is 1. The van der Waals surface area contributed by atoms with Gasteiger partial charge in [0.25, 0.3) is 11.5 Å². The van der Waals surface area contributed by atoms with Crippen LogP contribution in [-0.4, -0.2) is 26.7 Å². The molecule has 1 amide bonds. The van der Waals surface area contributed by atoms with Crippen molar-refractivity contribution in [3.8, 4) is 0 Å². The van der Waals surface area contributed by atoms with Crippen LogP contribution in [0, 0.1) is 10.1 Å². The molecular weight excluding hydrogens is 466 g/mol. The van der Waals surface area contributed by atoms with Crippen molar-refractivity contribution in [2.45, 2.75) is 19.4 Å². The number of anilines is 1. The summed E-state index contributed by atoms with van der Waals surface area (Å²) >= 11 is 1.28. The summed E-state index contributed by atoms with van der Waals surface area (Å²) in [6.07, 6.45) is 0.841. The molecule has 8 nitrogen and oxygen atoms in total. The van der Waals surface area contributed by atoms with Gasteiger partial charge in [-0.3, -0.25) is 24.6 Å². The van der Waals surface area contributed by atoms with Crippen LogP contribution in [0.2, 0.25) is 0 Å². The lowest BCUT2D eigenvalue weighted by Gasteiger charge is -2.22. The van der Waals surface area contributed by atoms with E-state index in [1.165, 1.54) is 40.5 Å². The van der Waals surface area contributed by atoms with Gasteiger partial charge in [0.1, 0.15) is 5.76 Å². The number of aryl methyl sites for hydroxylation is 1. The number of fused-ring (bicyclic) bond motifs is 1. The molecule has 9 heteroatoms. The average Bonchev–Trinajstić information content (AvgIpc) is 3.41. The number of nitrogens with zero attached hydrogens (tertiary/aromatic N) is 3. The molecule has 5 rings (SSSR count). The maximum atomic E-state index is 13.3. The van der Waals surface area contributed by atoms with Crippen LogP contribution < -0.4 is 4.90 Å². The number of carbonyl (C=O) groups excluding carboxylic acids is 2. The van der Waals surface area contributed by atoms with Crippen LogP contribution in [0.25, 0.3) is 16.0 Å². The molecule has 1 unspecified atom stereocenters. The monoisotopic (exact) mass is 485 g/mol. The Morgan fingerprint density at radius 3 is 2.46 bits per heavy atom. The summed E-state index contributed by atoms with van der Waals surface area (Å²) in [5, 5.41) is 22.6. The predicted octanol–water partition coefficient (Wildman–Crippen LogP) is 5.39. The second-order valence-corrected chi connectivity index (χ2v) is 9.04. The summed E-state index contributed by atoms with van der Waals surface area (Å²) in [7, 11) is 0. The van der Waals surface area contributed by atoms with Crippen molar-refractivity contribution >= 4 is 49.8 Å². The van der Waals surface area contributed by atoms with Crippen molar-refractivity contribution in [3.63, 3.8) is 0 Å². The van der Waals surface area contributed by atoms with E-state index in [-0.39, 0.29) is 17.0 Å². The number of Topliss-reactive ketones (excluding diaryl/α,β-unsaturated/α-hetero) is 1. The average molecular weight is 486 g/mol. The molecule has 0 spiro atoms. The normalized spacial score (nSPS) is 17.3. The number of aromatic nitrogens is 1. The molecule has 1 N–H and O–H groups in total. The van der Waals surface area contributed by atoms with Crippen LogP contribution in [0.15, 0.2) is 78.4 Å². The number of aliphatic hydroxyl groups excluding tert-OH is 1. The minimum Gasteiger partial charge on any atom is -0.507 e. The van der Waals surface area contributed by atoms with Gasteiger partial charge in [0.2, 0.25) is 0 Å². The van der Waals surface area contributed by atoms with Crippen LogP contribution in [0.3, 0.4) is 0 Å². The summed E-state index contributed by atoms with van der Waals surface area (Å²) in [5.74, 6) is -1.98. The molecular formula is C26H19N3O5S. The first kappa shape index (κ1) is 22.4. The number of benzene rings is 3. The maximum Gasteiger partial charge on any atom is 0.301 e. The molecule has 1 saturated heterocycles. The maximum absolute atomic E-state index is 13.3. The van der Waals surface area contributed by atoms with Gasteiger partial charge in [0.15, 0.2) is 5.13 Å². The second kappa shape index (κ2) is 8.77. The van der Waals surface area contributed by atoms with Gasteiger partial charge in [-0.15, -0.1) is 0 Å². The molecule has 0 bridgehead atoms. The van der Waals surface area contributed by atoms with E-state index >= 15 is 0 Å². The molecule has 0 radical (unpaired) electrons. The highest BCUT2D eigenvalue weighted by molar-refractivity contribution is 7.22. The van der Waals surface area contributed by atoms with Gasteiger partial charge in [0.05, 0.1) is 26.8 Å². The molecule has 1 aliphatic heterocycles. The Balaban J connectivity index is 1.71. The highest BCUT2D eigenvalue weighted by atomic mass is 32.1. The van der Waals surface area contributed by atoms with E-state index in [1.54, 1.807) is 30.3 Å². The number of hydrogen-bond acceptors (Lipinski definition) is 7. The predicted molar refractivity (Wildman–Crippen MR) is 133 cm³/mol. The summed E-state index contributed by atoms with van der Waals surface area (Å²) < 4.78 is 0.867. The topological polar surface area (TPSA) is 114 Å². The molecule has 4 aromatic rings. The lowest BCUT2D eigenvalue weighted by Crippen LogP contribution is -2.29. The number of hydrogen-bond donors (Lipinski definition) is 1. The van der Waals surface area contributed by atoms with E-state index in [0.717, 1.165) is 16.7 Å². The fourth-order valence-electron chi connectivity index (χ4n) is 4.15. The largest absolute Gasteiger partial charge is 0.507 e. The van der Waals surface area contributed by atoms with Crippen molar-refractivity contribution in [2.75, 3.05) is 4.90 Å². The number of rotatable bonds is 5. The molecule has 3 aromatic carbocycles. The highest BCUT2D eigenvalue weighted by Crippen LogP contribution is 2.44. The lowest BCUT2D eigenvalue weighted by atomic mass is 9.95. The smallest absolute Gasteiger partial charge is 0.301 e. The third kappa shape index (κ3) is 3.85. The van der Waals surface area contributed by atoms with Gasteiger partial charge in [0, 0.05) is 17.7 Å². The Morgan fingerprint density at radius 1 is 1.09 bits per heavy atom. The fraction of sp³-hybridized carbons (Fsp3) is 0.115. The van der Waals surface area contributed by atoms with Crippen LogP contribution in [-0.2, 0) is 16.0 Å². The van der Waals surface area contributed by atoms with E-state index in [0.29, 0.717) is 21.8 Å². The van der Waals surface area contributed by atoms with Crippen molar-refractivity contribution in [1.29, 1.82) is 0 Å². The van der Waals surface area contributed by atoms with E-state index in [1.807, 2.05) is 25.1 Å². The summed E-state index contributed by atoms with van der Waals surface area (Å²) in [6, 6.07) is 18.9. The van der Waals surface area contributed by atoms with Gasteiger partial charge >= 0.3 is 5.91 Å². The minimum absolute atomic E-state index is 0.0939. The van der Waals surface area contributed by atoms with Crippen molar-refractivity contribution in [1.82, 2.24) is 4.98 Å². The summed E-state index contributed by atoms with van der Waals surface area (Å²) in [6.45, 7) is 2.04. The number of thiazole rings is 1. The Labute approximate surface area is 203 Å². The fourth-order valence-corrected chi connectivity index (χ4v) is 5.21. The first-order valence-electron chi connectivity index (χ1n) is 10.9.